The number of fused-ring (bicyclic) bond motifs is 1. The zero-order chi connectivity index (χ0) is 21.1. The van der Waals surface area contributed by atoms with Crippen molar-refractivity contribution in [2.24, 2.45) is 0 Å². The molecule has 0 aromatic heterocycles. The molecule has 2 aliphatic heterocycles. The molecule has 0 atom stereocenters. The Morgan fingerprint density at radius 1 is 1.20 bits per heavy atom. The Labute approximate surface area is 173 Å². The summed E-state index contributed by atoms with van der Waals surface area (Å²) in [5, 5.41) is 2.72. The lowest BCUT2D eigenvalue weighted by Crippen LogP contribution is -2.43. The molecule has 2 amide bonds. The predicted molar refractivity (Wildman–Crippen MR) is 109 cm³/mol. The van der Waals surface area contributed by atoms with Crippen LogP contribution in [0.15, 0.2) is 36.4 Å². The second kappa shape index (κ2) is 8.54. The van der Waals surface area contributed by atoms with E-state index < -0.39 is 5.82 Å². The molecule has 1 N–H and O–H groups in total. The zero-order valence-electron chi connectivity index (χ0n) is 16.4. The van der Waals surface area contributed by atoms with Crippen molar-refractivity contribution in [3.8, 4) is 11.5 Å². The topological polar surface area (TPSA) is 77.1 Å². The Bertz CT molecular complexity index is 1010. The Kier molecular flexibility index (Phi) is 5.67. The highest BCUT2D eigenvalue weighted by Crippen LogP contribution is 2.35. The largest absolute Gasteiger partial charge is 0.493 e. The van der Waals surface area contributed by atoms with Crippen molar-refractivity contribution in [3.63, 3.8) is 0 Å². The summed E-state index contributed by atoms with van der Waals surface area (Å²) < 4.78 is 29.9. The second-order valence-corrected chi connectivity index (χ2v) is 6.89. The molecule has 0 unspecified atom stereocenters. The van der Waals surface area contributed by atoms with Crippen LogP contribution >= 0.6 is 0 Å². The number of hydrogen-bond donors (Lipinski definition) is 1. The molecule has 0 spiro atoms. The van der Waals surface area contributed by atoms with E-state index in [-0.39, 0.29) is 18.4 Å². The fourth-order valence-electron chi connectivity index (χ4n) is 3.41. The van der Waals surface area contributed by atoms with Crippen LogP contribution in [0.25, 0.3) is 11.6 Å². The van der Waals surface area contributed by atoms with Crippen LogP contribution in [0.1, 0.15) is 11.1 Å². The number of anilines is 1. The van der Waals surface area contributed by atoms with Gasteiger partial charge in [-0.1, -0.05) is 6.07 Å². The fourth-order valence-corrected chi connectivity index (χ4v) is 3.41. The van der Waals surface area contributed by atoms with E-state index >= 15 is 0 Å². The molecule has 2 aromatic rings. The SMILES string of the molecule is COc1cc(/C=C2\C(=O)Nc3ccc(F)cc32)ccc1OCC(=O)N1CCOCC1. The molecule has 0 bridgehead atoms. The van der Waals surface area contributed by atoms with Gasteiger partial charge in [0.2, 0.25) is 0 Å². The van der Waals surface area contributed by atoms with E-state index in [4.69, 9.17) is 14.2 Å². The maximum absolute atomic E-state index is 13.6. The fraction of sp³-hybridized carbons (Fsp3) is 0.273. The zero-order valence-corrected chi connectivity index (χ0v) is 16.4. The van der Waals surface area contributed by atoms with E-state index in [1.165, 1.54) is 25.3 Å². The highest BCUT2D eigenvalue weighted by molar-refractivity contribution is 6.34. The first-order chi connectivity index (χ1) is 14.5. The number of morpholine rings is 1. The summed E-state index contributed by atoms with van der Waals surface area (Å²) in [6.45, 7) is 2.05. The maximum atomic E-state index is 13.6. The van der Waals surface area contributed by atoms with E-state index in [1.54, 1.807) is 29.2 Å². The third-order valence-electron chi connectivity index (χ3n) is 4.98. The number of carbonyl (C=O) groups excluding carboxylic acids is 2. The number of benzene rings is 2. The number of ether oxygens (including phenoxy) is 3. The summed E-state index contributed by atoms with van der Waals surface area (Å²) >= 11 is 0. The molecule has 2 aromatic carbocycles. The van der Waals surface area contributed by atoms with Gasteiger partial charge in [0.05, 0.1) is 20.3 Å². The third kappa shape index (κ3) is 4.13. The van der Waals surface area contributed by atoms with Crippen LogP contribution in [-0.4, -0.2) is 56.7 Å². The monoisotopic (exact) mass is 412 g/mol. The lowest BCUT2D eigenvalue weighted by atomic mass is 10.0. The average molecular weight is 412 g/mol. The summed E-state index contributed by atoms with van der Waals surface area (Å²) in [6.07, 6.45) is 1.66. The van der Waals surface area contributed by atoms with Gasteiger partial charge in [0.1, 0.15) is 5.82 Å². The van der Waals surface area contributed by atoms with E-state index in [2.05, 4.69) is 5.32 Å². The summed E-state index contributed by atoms with van der Waals surface area (Å²) in [5.41, 5.74) is 2.13. The molecule has 1 fully saturated rings. The van der Waals surface area contributed by atoms with Gasteiger partial charge in [-0.15, -0.1) is 0 Å². The van der Waals surface area contributed by atoms with Gasteiger partial charge in [-0.2, -0.15) is 0 Å². The summed E-state index contributed by atoms with van der Waals surface area (Å²) in [6, 6.07) is 9.28. The minimum Gasteiger partial charge on any atom is -0.493 e. The van der Waals surface area contributed by atoms with Crippen LogP contribution in [0, 0.1) is 5.82 Å². The molecule has 2 aliphatic rings. The van der Waals surface area contributed by atoms with Crippen LogP contribution in [0.5, 0.6) is 11.5 Å². The van der Waals surface area contributed by atoms with Gasteiger partial charge in [0.15, 0.2) is 18.1 Å². The minimum absolute atomic E-state index is 0.105. The van der Waals surface area contributed by atoms with Crippen LogP contribution in [0.3, 0.4) is 0 Å². The summed E-state index contributed by atoms with van der Waals surface area (Å²) in [5.74, 6) is 0.0156. The Hall–Kier alpha value is -3.39. The molecular weight excluding hydrogens is 391 g/mol. The van der Waals surface area contributed by atoms with Gasteiger partial charge in [-0.3, -0.25) is 9.59 Å². The molecule has 8 heteroatoms. The van der Waals surface area contributed by atoms with E-state index in [9.17, 15) is 14.0 Å². The number of nitrogens with zero attached hydrogens (tertiary/aromatic N) is 1. The number of methoxy groups -OCH3 is 1. The van der Waals surface area contributed by atoms with E-state index in [0.29, 0.717) is 60.2 Å². The average Bonchev–Trinajstić information content (AvgIpc) is 3.07. The van der Waals surface area contributed by atoms with Crippen LogP contribution in [-0.2, 0) is 14.3 Å². The van der Waals surface area contributed by atoms with Crippen molar-refractivity contribution >= 4 is 29.2 Å². The second-order valence-electron chi connectivity index (χ2n) is 6.89. The molecular formula is C22H21FN2O5. The van der Waals surface area contributed by atoms with E-state index in [0.717, 1.165) is 0 Å². The highest BCUT2D eigenvalue weighted by Gasteiger charge is 2.24. The van der Waals surface area contributed by atoms with Crippen molar-refractivity contribution in [2.45, 2.75) is 0 Å². The lowest BCUT2D eigenvalue weighted by molar-refractivity contribution is -0.137. The van der Waals surface area contributed by atoms with Crippen molar-refractivity contribution in [3.05, 3.63) is 53.3 Å². The van der Waals surface area contributed by atoms with Crippen LogP contribution in [0.4, 0.5) is 10.1 Å². The first-order valence-corrected chi connectivity index (χ1v) is 9.54. The van der Waals surface area contributed by atoms with Crippen LogP contribution < -0.4 is 14.8 Å². The molecule has 1 saturated heterocycles. The summed E-state index contributed by atoms with van der Waals surface area (Å²) in [4.78, 5) is 26.3. The molecule has 7 nitrogen and oxygen atoms in total. The molecule has 2 heterocycles. The van der Waals surface area contributed by atoms with Crippen molar-refractivity contribution in [2.75, 3.05) is 45.3 Å². The predicted octanol–water partition coefficient (Wildman–Crippen LogP) is 2.56. The third-order valence-corrected chi connectivity index (χ3v) is 4.98. The summed E-state index contributed by atoms with van der Waals surface area (Å²) in [7, 11) is 1.50. The first kappa shape index (κ1) is 19.9. The van der Waals surface area contributed by atoms with Crippen molar-refractivity contribution in [1.29, 1.82) is 0 Å². The molecule has 30 heavy (non-hydrogen) atoms. The number of rotatable bonds is 5. The van der Waals surface area contributed by atoms with Crippen molar-refractivity contribution in [1.82, 2.24) is 4.90 Å². The number of nitrogens with one attached hydrogen (secondary N) is 1. The van der Waals surface area contributed by atoms with Gasteiger partial charge in [-0.05, 0) is 42.0 Å². The standard InChI is InChI=1S/C22H21FN2O5/c1-28-20-11-14(10-17-16-12-15(23)3-4-18(16)24-22(17)27)2-5-19(20)30-13-21(26)25-6-8-29-9-7-25/h2-5,10-12H,6-9,13H2,1H3,(H,24,27)/b17-10-. The van der Waals surface area contributed by atoms with Gasteiger partial charge >= 0.3 is 0 Å². The van der Waals surface area contributed by atoms with E-state index in [1.807, 2.05) is 0 Å². The molecule has 0 radical (unpaired) electrons. The lowest BCUT2D eigenvalue weighted by Gasteiger charge is -2.26. The normalized spacial score (nSPS) is 16.9. The number of carbonyl (C=O) groups is 2. The number of amides is 2. The first-order valence-electron chi connectivity index (χ1n) is 9.54. The molecule has 156 valence electrons. The Balaban J connectivity index is 1.51. The smallest absolute Gasteiger partial charge is 0.260 e. The van der Waals surface area contributed by atoms with Crippen LogP contribution in [0.2, 0.25) is 0 Å². The van der Waals surface area contributed by atoms with Gasteiger partial charge in [0, 0.05) is 29.9 Å². The van der Waals surface area contributed by atoms with Crippen molar-refractivity contribution < 1.29 is 28.2 Å². The molecule has 0 saturated carbocycles. The Morgan fingerprint density at radius 2 is 2.00 bits per heavy atom. The maximum Gasteiger partial charge on any atom is 0.260 e. The quantitative estimate of drug-likeness (QED) is 0.764. The van der Waals surface area contributed by atoms with Gasteiger partial charge in [-0.25, -0.2) is 4.39 Å². The highest BCUT2D eigenvalue weighted by atomic mass is 19.1. The Morgan fingerprint density at radius 3 is 2.77 bits per heavy atom. The van der Waals surface area contributed by atoms with Gasteiger partial charge in [0.25, 0.3) is 11.8 Å². The molecule has 0 aliphatic carbocycles. The van der Waals surface area contributed by atoms with Gasteiger partial charge < -0.3 is 24.4 Å². The molecule has 4 rings (SSSR count). The number of halogens is 1. The minimum atomic E-state index is -0.414. The number of hydrogen-bond acceptors (Lipinski definition) is 5.